The van der Waals surface area contributed by atoms with Crippen LogP contribution in [0.15, 0.2) is 48.6 Å². The van der Waals surface area contributed by atoms with Crippen LogP contribution >= 0.6 is 11.6 Å². The molecule has 6 atom stereocenters. The average molecular weight is 565 g/mol. The van der Waals surface area contributed by atoms with E-state index >= 15 is 0 Å². The Kier molecular flexibility index (Phi) is 8.11. The summed E-state index contributed by atoms with van der Waals surface area (Å²) in [5, 5.41) is 23.0. The van der Waals surface area contributed by atoms with E-state index < -0.39 is 12.2 Å². The van der Waals surface area contributed by atoms with Crippen molar-refractivity contribution in [1.29, 1.82) is 0 Å². The predicted molar refractivity (Wildman–Crippen MR) is 158 cm³/mol. The molecule has 40 heavy (non-hydrogen) atoms. The van der Waals surface area contributed by atoms with Crippen LogP contribution in [0.4, 0.5) is 5.69 Å². The molecule has 2 aromatic carbocycles. The first kappa shape index (κ1) is 27.6. The second-order valence-corrected chi connectivity index (χ2v) is 12.6. The van der Waals surface area contributed by atoms with Crippen molar-refractivity contribution in [3.05, 3.63) is 70.3 Å². The van der Waals surface area contributed by atoms with Gasteiger partial charge in [-0.2, -0.15) is 0 Å². The van der Waals surface area contributed by atoms with Gasteiger partial charge in [0.25, 0.3) is 0 Å². The third-order valence-electron chi connectivity index (χ3n) is 9.60. The van der Waals surface area contributed by atoms with E-state index in [1.807, 2.05) is 35.2 Å². The highest BCUT2D eigenvalue weighted by atomic mass is 35.5. The Hall–Kier alpha value is -2.54. The lowest BCUT2D eigenvalue weighted by atomic mass is 9.70. The minimum absolute atomic E-state index is 0.0156. The lowest BCUT2D eigenvalue weighted by Gasteiger charge is -2.43. The Labute approximate surface area is 242 Å². The summed E-state index contributed by atoms with van der Waals surface area (Å²) in [5.41, 5.74) is 4.24. The van der Waals surface area contributed by atoms with Crippen molar-refractivity contribution >= 4 is 23.2 Å². The number of hydrogen-bond donors (Lipinski definition) is 2. The Balaban J connectivity index is 1.35. The van der Waals surface area contributed by atoms with Crippen LogP contribution in [0.25, 0.3) is 0 Å². The maximum Gasteiger partial charge on any atom is 0.225 e. The summed E-state index contributed by atoms with van der Waals surface area (Å²) in [4.78, 5) is 17.3. The second kappa shape index (κ2) is 11.8. The van der Waals surface area contributed by atoms with Crippen LogP contribution in [0, 0.1) is 11.8 Å². The summed E-state index contributed by atoms with van der Waals surface area (Å²) in [7, 11) is 0. The zero-order chi connectivity index (χ0) is 27.8. The number of fused-ring (bicyclic) bond motifs is 3. The van der Waals surface area contributed by atoms with E-state index in [-0.39, 0.29) is 30.2 Å². The molecule has 3 heterocycles. The Morgan fingerprint density at radius 3 is 2.70 bits per heavy atom. The topological polar surface area (TPSA) is 73.2 Å². The van der Waals surface area contributed by atoms with E-state index in [0.717, 1.165) is 80.2 Å². The molecule has 6 nitrogen and oxygen atoms in total. The third kappa shape index (κ3) is 5.50. The van der Waals surface area contributed by atoms with Crippen LogP contribution in [0.5, 0.6) is 5.75 Å². The molecule has 0 aromatic heterocycles. The molecule has 5 unspecified atom stereocenters. The van der Waals surface area contributed by atoms with Gasteiger partial charge in [-0.15, -0.1) is 0 Å². The summed E-state index contributed by atoms with van der Waals surface area (Å²) in [6.45, 7) is 5.06. The molecule has 1 saturated heterocycles. The van der Waals surface area contributed by atoms with E-state index in [2.05, 4.69) is 30.0 Å². The number of carbonyl (C=O) groups excluding carboxylic acids is 1. The lowest BCUT2D eigenvalue weighted by molar-refractivity contribution is -0.140. The van der Waals surface area contributed by atoms with Gasteiger partial charge in [0.15, 0.2) is 0 Å². The molecule has 2 bridgehead atoms. The van der Waals surface area contributed by atoms with Gasteiger partial charge in [0, 0.05) is 36.6 Å². The second-order valence-electron chi connectivity index (χ2n) is 12.1. The molecule has 2 fully saturated rings. The first-order valence-corrected chi connectivity index (χ1v) is 15.4. The summed E-state index contributed by atoms with van der Waals surface area (Å²) in [6, 6.07) is 12.2. The van der Waals surface area contributed by atoms with E-state index in [9.17, 15) is 15.0 Å². The van der Waals surface area contributed by atoms with Crippen LogP contribution in [-0.2, 0) is 11.2 Å². The van der Waals surface area contributed by atoms with E-state index in [4.69, 9.17) is 16.3 Å². The number of hydrogen-bond acceptors (Lipinski definition) is 5. The number of aliphatic hydroxyl groups is 2. The van der Waals surface area contributed by atoms with Crippen molar-refractivity contribution in [2.24, 2.45) is 11.8 Å². The van der Waals surface area contributed by atoms with Crippen LogP contribution in [0.3, 0.4) is 0 Å². The molecule has 6 rings (SSSR count). The summed E-state index contributed by atoms with van der Waals surface area (Å²) < 4.78 is 6.45. The number of aliphatic hydroxyl groups excluding tert-OH is 2. The molecule has 1 saturated carbocycles. The minimum Gasteiger partial charge on any atom is -0.491 e. The van der Waals surface area contributed by atoms with Crippen molar-refractivity contribution in [2.45, 2.75) is 76.0 Å². The molecule has 2 N–H and O–H groups in total. The first-order valence-electron chi connectivity index (χ1n) is 15.0. The SMILES string of the molecule is CCCc1cc(Cl)ccc1C1COc2ccc3cc2N(C1)CC1CCC1C(O)/C=C/CC1CCN1C(=O)C[C@@H]3O. The molecule has 214 valence electrons. The molecule has 4 aliphatic rings. The number of anilines is 1. The van der Waals surface area contributed by atoms with Gasteiger partial charge in [-0.05, 0) is 84.9 Å². The molecule has 1 aliphatic carbocycles. The quantitative estimate of drug-likeness (QED) is 0.472. The van der Waals surface area contributed by atoms with Gasteiger partial charge in [-0.3, -0.25) is 4.79 Å². The summed E-state index contributed by atoms with van der Waals surface area (Å²) in [5.74, 6) is 1.52. The number of ether oxygens (including phenoxy) is 1. The molecule has 1 amide bonds. The van der Waals surface area contributed by atoms with Gasteiger partial charge in [0.1, 0.15) is 5.75 Å². The number of nitrogens with zero attached hydrogens (tertiary/aromatic N) is 2. The number of benzene rings is 2. The van der Waals surface area contributed by atoms with Gasteiger partial charge >= 0.3 is 0 Å². The fourth-order valence-corrected chi connectivity index (χ4v) is 7.22. The smallest absolute Gasteiger partial charge is 0.225 e. The fraction of sp³-hybridized carbons (Fsp3) is 0.545. The highest BCUT2D eigenvalue weighted by molar-refractivity contribution is 6.30. The number of rotatable bonds is 3. The highest BCUT2D eigenvalue weighted by Gasteiger charge is 2.39. The summed E-state index contributed by atoms with van der Waals surface area (Å²) in [6.07, 6.45) is 8.55. The maximum absolute atomic E-state index is 13.1. The van der Waals surface area contributed by atoms with Gasteiger partial charge < -0.3 is 24.7 Å². The van der Waals surface area contributed by atoms with Crippen LogP contribution in [0.1, 0.15) is 74.2 Å². The first-order chi connectivity index (χ1) is 19.4. The molecule has 0 radical (unpaired) electrons. The maximum atomic E-state index is 13.1. The van der Waals surface area contributed by atoms with Gasteiger partial charge in [-0.25, -0.2) is 0 Å². The number of aryl methyl sites for hydroxylation is 1. The monoisotopic (exact) mass is 564 g/mol. The number of halogens is 1. The van der Waals surface area contributed by atoms with Gasteiger partial charge in [0.05, 0.1) is 30.9 Å². The fourth-order valence-electron chi connectivity index (χ4n) is 7.02. The third-order valence-corrected chi connectivity index (χ3v) is 9.83. The van der Waals surface area contributed by atoms with E-state index in [0.29, 0.717) is 12.5 Å². The van der Waals surface area contributed by atoms with Crippen LogP contribution in [0.2, 0.25) is 5.02 Å². The number of amides is 1. The van der Waals surface area contributed by atoms with Crippen molar-refractivity contribution in [3.8, 4) is 5.75 Å². The number of carbonyl (C=O) groups is 1. The zero-order valence-corrected chi connectivity index (χ0v) is 24.1. The standard InChI is InChI=1S/C33H41ClN2O4/c1-2-4-21-15-25(34)9-11-27(21)24-19-35-18-23-7-10-28(23)30(37)6-3-5-26-13-14-36(26)33(39)17-31(38)22-8-12-32(40-20-24)29(35)16-22/h3,6,8-9,11-12,15-16,23-24,26,28,30-31,37-38H,2,4-5,7,10,13-14,17-20H2,1H3/b6-3+/t23?,24?,26?,28?,30?,31-/m0/s1. The molecule has 7 heteroatoms. The van der Waals surface area contributed by atoms with Crippen LogP contribution in [-0.4, -0.2) is 59.4 Å². The van der Waals surface area contributed by atoms with Crippen molar-refractivity contribution in [2.75, 3.05) is 31.1 Å². The normalized spacial score (nSPS) is 31.1. The zero-order valence-electron chi connectivity index (χ0n) is 23.3. The Morgan fingerprint density at radius 2 is 1.95 bits per heavy atom. The lowest BCUT2D eigenvalue weighted by Crippen LogP contribution is -2.51. The van der Waals surface area contributed by atoms with Crippen molar-refractivity contribution in [1.82, 2.24) is 4.90 Å². The van der Waals surface area contributed by atoms with Gasteiger partial charge in [-0.1, -0.05) is 49.2 Å². The largest absolute Gasteiger partial charge is 0.491 e. The average Bonchev–Trinajstić information content (AvgIpc) is 3.07. The van der Waals surface area contributed by atoms with E-state index in [1.54, 1.807) is 0 Å². The predicted octanol–water partition coefficient (Wildman–Crippen LogP) is 5.65. The Bertz CT molecular complexity index is 1270. The molecule has 3 aliphatic heterocycles. The molecular formula is C33H41ClN2O4. The molecule has 2 aromatic rings. The van der Waals surface area contributed by atoms with Crippen LogP contribution < -0.4 is 9.64 Å². The highest BCUT2D eigenvalue weighted by Crippen LogP contribution is 2.43. The summed E-state index contributed by atoms with van der Waals surface area (Å²) >= 11 is 6.39. The van der Waals surface area contributed by atoms with E-state index in [1.165, 1.54) is 11.1 Å². The van der Waals surface area contributed by atoms with Crippen molar-refractivity contribution in [3.63, 3.8) is 0 Å². The minimum atomic E-state index is -0.867. The van der Waals surface area contributed by atoms with Crippen molar-refractivity contribution < 1.29 is 19.7 Å². The molecule has 0 spiro atoms. The Morgan fingerprint density at radius 1 is 1.07 bits per heavy atom. The molecular weight excluding hydrogens is 524 g/mol. The van der Waals surface area contributed by atoms with Gasteiger partial charge in [0.2, 0.25) is 5.91 Å².